The number of carbonyl (C=O) groups is 2. The van der Waals surface area contributed by atoms with Crippen LogP contribution < -0.4 is 15.4 Å². The van der Waals surface area contributed by atoms with Crippen molar-refractivity contribution in [2.75, 3.05) is 5.32 Å². The molecule has 40 heavy (non-hydrogen) atoms. The van der Waals surface area contributed by atoms with Gasteiger partial charge in [0.1, 0.15) is 6.04 Å². The van der Waals surface area contributed by atoms with Crippen molar-refractivity contribution in [1.29, 1.82) is 5.26 Å². The highest BCUT2D eigenvalue weighted by atomic mass is 32.2. The quantitative estimate of drug-likeness (QED) is 0.289. The molecule has 0 aliphatic heterocycles. The fraction of sp³-hybridized carbons (Fsp3) is 0.194. The van der Waals surface area contributed by atoms with E-state index in [1.807, 2.05) is 36.4 Å². The number of fused-ring (bicyclic) bond motifs is 1. The molecule has 0 saturated carbocycles. The van der Waals surface area contributed by atoms with Crippen LogP contribution in [0.3, 0.4) is 0 Å². The van der Waals surface area contributed by atoms with Crippen LogP contribution in [0.5, 0.6) is 0 Å². The van der Waals surface area contributed by atoms with E-state index in [1.165, 1.54) is 30.3 Å². The van der Waals surface area contributed by atoms with Crippen molar-refractivity contribution >= 4 is 38.3 Å². The van der Waals surface area contributed by atoms with Crippen LogP contribution in [0.15, 0.2) is 95.9 Å². The van der Waals surface area contributed by atoms with Crippen molar-refractivity contribution in [3.05, 3.63) is 108 Å². The lowest BCUT2D eigenvalue weighted by Crippen LogP contribution is -2.45. The number of hydrogen-bond acceptors (Lipinski definition) is 5. The van der Waals surface area contributed by atoms with Gasteiger partial charge in [-0.1, -0.05) is 54.6 Å². The average molecular weight is 555 g/mol. The van der Waals surface area contributed by atoms with E-state index in [-0.39, 0.29) is 11.3 Å². The Hall–Kier alpha value is -4.52. The summed E-state index contributed by atoms with van der Waals surface area (Å²) in [5.74, 6) is -0.917. The molecule has 4 rings (SSSR count). The summed E-state index contributed by atoms with van der Waals surface area (Å²) in [5, 5.41) is 15.7. The Kier molecular flexibility index (Phi) is 8.33. The number of benzene rings is 4. The number of carbonyl (C=O) groups excluding carboxylic acids is 2. The van der Waals surface area contributed by atoms with Gasteiger partial charge < -0.3 is 10.6 Å². The van der Waals surface area contributed by atoms with Gasteiger partial charge in [-0.15, -0.1) is 0 Å². The number of sulfonamides is 1. The molecule has 1 atom stereocenters. The molecule has 0 bridgehead atoms. The molecule has 8 nitrogen and oxygen atoms in total. The number of amides is 2. The highest BCUT2D eigenvalue weighted by Gasteiger charge is 2.26. The first-order valence-electron chi connectivity index (χ1n) is 12.7. The van der Waals surface area contributed by atoms with Gasteiger partial charge in [0.25, 0.3) is 5.91 Å². The first-order valence-corrected chi connectivity index (χ1v) is 14.2. The number of nitriles is 1. The molecule has 1 unspecified atom stereocenters. The van der Waals surface area contributed by atoms with Gasteiger partial charge in [0.15, 0.2) is 0 Å². The zero-order chi connectivity index (χ0) is 28.9. The van der Waals surface area contributed by atoms with Crippen LogP contribution in [0.4, 0.5) is 5.69 Å². The van der Waals surface area contributed by atoms with Gasteiger partial charge in [-0.2, -0.15) is 5.26 Å². The van der Waals surface area contributed by atoms with Crippen LogP contribution in [0, 0.1) is 11.3 Å². The van der Waals surface area contributed by atoms with E-state index >= 15 is 0 Å². The number of hydrogen-bond donors (Lipinski definition) is 3. The van der Waals surface area contributed by atoms with E-state index in [0.29, 0.717) is 27.6 Å². The molecule has 4 aromatic rings. The second kappa shape index (κ2) is 11.7. The van der Waals surface area contributed by atoms with Gasteiger partial charge in [-0.3, -0.25) is 9.59 Å². The van der Waals surface area contributed by atoms with Crippen LogP contribution in [-0.2, 0) is 21.2 Å². The van der Waals surface area contributed by atoms with Crippen molar-refractivity contribution in [2.24, 2.45) is 0 Å². The second-order valence-corrected chi connectivity index (χ2v) is 12.1. The highest BCUT2D eigenvalue weighted by molar-refractivity contribution is 7.89. The van der Waals surface area contributed by atoms with Crippen LogP contribution in [0.1, 0.15) is 42.3 Å². The topological polar surface area (TPSA) is 128 Å². The number of rotatable bonds is 8. The molecule has 2 amide bonds. The minimum atomic E-state index is -3.84. The van der Waals surface area contributed by atoms with E-state index < -0.39 is 33.4 Å². The normalized spacial score (nSPS) is 12.3. The average Bonchev–Trinajstić information content (AvgIpc) is 2.91. The summed E-state index contributed by atoms with van der Waals surface area (Å²) in [4.78, 5) is 26.7. The Bertz CT molecular complexity index is 1690. The smallest absolute Gasteiger partial charge is 0.251 e. The summed E-state index contributed by atoms with van der Waals surface area (Å²) < 4.78 is 29.0. The van der Waals surface area contributed by atoms with E-state index in [0.717, 1.165) is 5.56 Å². The second-order valence-electron chi connectivity index (χ2n) is 10.4. The van der Waals surface area contributed by atoms with Gasteiger partial charge in [0.05, 0.1) is 16.5 Å². The van der Waals surface area contributed by atoms with Gasteiger partial charge in [-0.05, 0) is 62.7 Å². The van der Waals surface area contributed by atoms with Gasteiger partial charge in [0.2, 0.25) is 15.9 Å². The molecule has 4 aromatic carbocycles. The summed E-state index contributed by atoms with van der Waals surface area (Å²) in [6, 6.07) is 26.5. The maximum absolute atomic E-state index is 13.6. The molecule has 9 heteroatoms. The van der Waals surface area contributed by atoms with Crippen LogP contribution in [0.2, 0.25) is 0 Å². The predicted octanol–water partition coefficient (Wildman–Crippen LogP) is 4.77. The first kappa shape index (κ1) is 28.5. The monoisotopic (exact) mass is 554 g/mol. The van der Waals surface area contributed by atoms with Crippen molar-refractivity contribution in [3.63, 3.8) is 0 Å². The molecule has 0 aliphatic carbocycles. The largest absolute Gasteiger partial charge is 0.340 e. The third-order valence-electron chi connectivity index (χ3n) is 6.05. The lowest BCUT2D eigenvalue weighted by Gasteiger charge is -2.22. The fourth-order valence-electron chi connectivity index (χ4n) is 4.30. The van der Waals surface area contributed by atoms with Gasteiger partial charge >= 0.3 is 0 Å². The summed E-state index contributed by atoms with van der Waals surface area (Å²) in [7, 11) is -3.84. The Morgan fingerprint density at radius 3 is 2.15 bits per heavy atom. The summed E-state index contributed by atoms with van der Waals surface area (Å²) >= 11 is 0. The lowest BCUT2D eigenvalue weighted by atomic mass is 10.0. The number of anilines is 1. The predicted molar refractivity (Wildman–Crippen MR) is 155 cm³/mol. The molecule has 0 aromatic heterocycles. The zero-order valence-electron chi connectivity index (χ0n) is 22.4. The first-order chi connectivity index (χ1) is 19.0. The minimum absolute atomic E-state index is 0.103. The molecule has 0 aliphatic rings. The van der Waals surface area contributed by atoms with Crippen molar-refractivity contribution in [3.8, 4) is 6.07 Å². The lowest BCUT2D eigenvalue weighted by molar-refractivity contribution is -0.118. The van der Waals surface area contributed by atoms with E-state index in [9.17, 15) is 18.0 Å². The summed E-state index contributed by atoms with van der Waals surface area (Å²) in [6.07, 6.45) is 0.231. The fourth-order valence-corrected chi connectivity index (χ4v) is 5.94. The highest BCUT2D eigenvalue weighted by Crippen LogP contribution is 2.29. The van der Waals surface area contributed by atoms with Crippen molar-refractivity contribution < 1.29 is 18.0 Å². The van der Waals surface area contributed by atoms with Gasteiger partial charge in [0, 0.05) is 34.0 Å². The molecule has 0 saturated heterocycles. The Morgan fingerprint density at radius 1 is 0.850 bits per heavy atom. The Balaban J connectivity index is 1.65. The molecular formula is C31H30N4O4S. The maximum Gasteiger partial charge on any atom is 0.251 e. The van der Waals surface area contributed by atoms with Crippen LogP contribution >= 0.6 is 0 Å². The third kappa shape index (κ3) is 6.91. The standard InChI is InChI=1S/C31H30N4O4S/c1-31(2,3)35-40(38,39)28-14-8-11-24-25(28)12-7-13-26(24)33-30(37)27(19-21-9-5-4-6-10-21)34-29(36)23-17-15-22(20-32)16-18-23/h4-18,27,35H,19H2,1-3H3,(H,33,37)(H,34,36). The zero-order valence-corrected chi connectivity index (χ0v) is 23.2. The SMILES string of the molecule is CC(C)(C)NS(=O)(=O)c1cccc2c(NC(=O)C(Cc3ccccc3)NC(=O)c3ccc(C#N)cc3)cccc12. The van der Waals surface area contributed by atoms with Crippen LogP contribution in [0.25, 0.3) is 10.8 Å². The molecular weight excluding hydrogens is 524 g/mol. The molecule has 0 spiro atoms. The number of nitrogens with zero attached hydrogens (tertiary/aromatic N) is 1. The third-order valence-corrected chi connectivity index (χ3v) is 7.87. The number of nitrogens with one attached hydrogen (secondary N) is 3. The molecule has 0 radical (unpaired) electrons. The molecule has 0 heterocycles. The van der Waals surface area contributed by atoms with Crippen molar-refractivity contribution in [1.82, 2.24) is 10.0 Å². The summed E-state index contributed by atoms with van der Waals surface area (Å²) in [5.41, 5.74) is 1.33. The van der Waals surface area contributed by atoms with Crippen LogP contribution in [-0.4, -0.2) is 31.8 Å². The van der Waals surface area contributed by atoms with Gasteiger partial charge in [-0.25, -0.2) is 13.1 Å². The minimum Gasteiger partial charge on any atom is -0.340 e. The maximum atomic E-state index is 13.6. The van der Waals surface area contributed by atoms with E-state index in [1.54, 1.807) is 51.1 Å². The molecule has 3 N–H and O–H groups in total. The Labute approximate surface area is 234 Å². The Morgan fingerprint density at radius 2 is 1.50 bits per heavy atom. The van der Waals surface area contributed by atoms with E-state index in [4.69, 9.17) is 5.26 Å². The van der Waals surface area contributed by atoms with Crippen molar-refractivity contribution in [2.45, 2.75) is 43.7 Å². The molecule has 0 fully saturated rings. The van der Waals surface area contributed by atoms with E-state index in [2.05, 4.69) is 15.4 Å². The summed E-state index contributed by atoms with van der Waals surface area (Å²) in [6.45, 7) is 5.29. The molecule has 204 valence electrons.